The van der Waals surface area contributed by atoms with Gasteiger partial charge in [0.15, 0.2) is 5.65 Å². The Kier molecular flexibility index (Phi) is 6.46. The maximum atomic E-state index is 13.8. The molecule has 0 aliphatic carbocycles. The number of nitrogens with one attached hydrogen (secondary N) is 2. The van der Waals surface area contributed by atoms with Crippen molar-refractivity contribution in [3.05, 3.63) is 94.3 Å². The Morgan fingerprint density at radius 2 is 1.91 bits per heavy atom. The van der Waals surface area contributed by atoms with Crippen LogP contribution in [-0.4, -0.2) is 35.1 Å². The molecule has 2 aromatic carbocycles. The molecule has 4 rings (SSSR count). The number of aryl methyl sites for hydroxylation is 2. The average molecular weight is 484 g/mol. The van der Waals surface area contributed by atoms with Crippen molar-refractivity contribution in [2.45, 2.75) is 24.8 Å². The lowest BCUT2D eigenvalue weighted by Crippen LogP contribution is -2.27. The number of benzene rings is 2. The van der Waals surface area contributed by atoms with Gasteiger partial charge in [-0.2, -0.15) is 0 Å². The first-order valence-corrected chi connectivity index (χ1v) is 11.9. The van der Waals surface area contributed by atoms with Crippen molar-refractivity contribution in [1.29, 1.82) is 0 Å². The average Bonchev–Trinajstić information content (AvgIpc) is 3.14. The van der Waals surface area contributed by atoms with Crippen LogP contribution in [-0.2, 0) is 16.6 Å². The third-order valence-electron chi connectivity index (χ3n) is 5.15. The largest absolute Gasteiger partial charge is 0.352 e. The zero-order valence-corrected chi connectivity index (χ0v) is 19.0. The highest BCUT2D eigenvalue weighted by atomic mass is 32.2. The quantitative estimate of drug-likeness (QED) is 0.374. The third kappa shape index (κ3) is 4.99. The van der Waals surface area contributed by atoms with Gasteiger partial charge in [0.2, 0.25) is 0 Å². The summed E-state index contributed by atoms with van der Waals surface area (Å²) in [7, 11) is -4.02. The highest BCUT2D eigenvalue weighted by molar-refractivity contribution is 7.92. The molecule has 0 fully saturated rings. The van der Waals surface area contributed by atoms with Crippen molar-refractivity contribution in [2.24, 2.45) is 0 Å². The number of hydrogen-bond acceptors (Lipinski definition) is 5. The number of sulfonamides is 1. The van der Waals surface area contributed by atoms with Crippen LogP contribution in [0.4, 0.5) is 10.1 Å². The molecule has 11 heteroatoms. The number of nitrogens with zero attached hydrogens (tertiary/aromatic N) is 3. The van der Waals surface area contributed by atoms with Crippen LogP contribution in [0.1, 0.15) is 22.3 Å². The summed E-state index contributed by atoms with van der Waals surface area (Å²) < 4.78 is 44.1. The van der Waals surface area contributed by atoms with Gasteiger partial charge >= 0.3 is 5.69 Å². The zero-order valence-electron chi connectivity index (χ0n) is 18.2. The van der Waals surface area contributed by atoms with E-state index < -0.39 is 21.7 Å². The van der Waals surface area contributed by atoms with Gasteiger partial charge in [0.25, 0.3) is 15.9 Å². The van der Waals surface area contributed by atoms with Crippen LogP contribution in [0, 0.1) is 12.7 Å². The third-order valence-corrected chi connectivity index (χ3v) is 6.53. The second kappa shape index (κ2) is 9.48. The lowest BCUT2D eigenvalue weighted by atomic mass is 10.2. The number of anilines is 1. The van der Waals surface area contributed by atoms with Gasteiger partial charge in [0.05, 0.1) is 4.90 Å². The molecule has 0 saturated heterocycles. The topological polar surface area (TPSA) is 115 Å². The summed E-state index contributed by atoms with van der Waals surface area (Å²) in [6.07, 6.45) is 2.11. The number of rotatable bonds is 8. The van der Waals surface area contributed by atoms with Gasteiger partial charge in [0, 0.05) is 30.5 Å². The van der Waals surface area contributed by atoms with Gasteiger partial charge in [0.1, 0.15) is 5.82 Å². The fraction of sp³-hybridized carbons (Fsp3) is 0.174. The first-order valence-electron chi connectivity index (χ1n) is 10.5. The summed E-state index contributed by atoms with van der Waals surface area (Å²) in [4.78, 5) is 24.6. The number of halogens is 1. The Labute approximate surface area is 194 Å². The lowest BCUT2D eigenvalue weighted by Gasteiger charge is -2.10. The highest BCUT2D eigenvalue weighted by Gasteiger charge is 2.17. The molecule has 34 heavy (non-hydrogen) atoms. The molecule has 0 aliphatic rings. The van der Waals surface area contributed by atoms with E-state index in [2.05, 4.69) is 15.1 Å². The van der Waals surface area contributed by atoms with Gasteiger partial charge < -0.3 is 5.32 Å². The Bertz CT molecular complexity index is 1530. The van der Waals surface area contributed by atoms with Crippen molar-refractivity contribution in [3.63, 3.8) is 0 Å². The van der Waals surface area contributed by atoms with Crippen LogP contribution in [0.2, 0.25) is 0 Å². The lowest BCUT2D eigenvalue weighted by molar-refractivity contribution is 0.0952. The molecule has 0 spiro atoms. The fourth-order valence-electron chi connectivity index (χ4n) is 3.33. The molecule has 1 amide bonds. The molecule has 176 valence electrons. The fourth-order valence-corrected chi connectivity index (χ4v) is 4.39. The first kappa shape index (κ1) is 23.2. The summed E-state index contributed by atoms with van der Waals surface area (Å²) in [5.41, 5.74) is 1.05. The summed E-state index contributed by atoms with van der Waals surface area (Å²) in [6, 6.07) is 14.9. The summed E-state index contributed by atoms with van der Waals surface area (Å²) >= 11 is 0. The minimum Gasteiger partial charge on any atom is -0.352 e. The zero-order chi connectivity index (χ0) is 24.3. The van der Waals surface area contributed by atoms with Crippen molar-refractivity contribution < 1.29 is 17.6 Å². The molecular formula is C23H22FN5O4S. The van der Waals surface area contributed by atoms with Crippen LogP contribution in [0.15, 0.2) is 76.6 Å². The summed E-state index contributed by atoms with van der Waals surface area (Å²) in [5, 5.41) is 6.98. The van der Waals surface area contributed by atoms with E-state index in [-0.39, 0.29) is 28.4 Å². The number of hydrogen-bond donors (Lipinski definition) is 2. The monoisotopic (exact) mass is 483 g/mol. The summed E-state index contributed by atoms with van der Waals surface area (Å²) in [5.74, 6) is -1.02. The van der Waals surface area contributed by atoms with E-state index in [1.54, 1.807) is 36.5 Å². The molecule has 2 aromatic heterocycles. The minimum absolute atomic E-state index is 0.171. The van der Waals surface area contributed by atoms with Crippen molar-refractivity contribution in [3.8, 4) is 0 Å². The number of pyridine rings is 1. The number of fused-ring (bicyclic) bond motifs is 1. The van der Waals surface area contributed by atoms with Gasteiger partial charge in [-0.05, 0) is 61.4 Å². The number of carbonyl (C=O) groups is 1. The van der Waals surface area contributed by atoms with E-state index in [4.69, 9.17) is 0 Å². The molecule has 0 unspecified atom stereocenters. The van der Waals surface area contributed by atoms with E-state index >= 15 is 0 Å². The molecular weight excluding hydrogens is 461 g/mol. The molecule has 0 radical (unpaired) electrons. The van der Waals surface area contributed by atoms with Crippen molar-refractivity contribution >= 4 is 27.3 Å². The Hall–Kier alpha value is -3.99. The van der Waals surface area contributed by atoms with E-state index in [9.17, 15) is 22.4 Å². The number of aromatic nitrogens is 3. The van der Waals surface area contributed by atoms with Crippen LogP contribution in [0.3, 0.4) is 0 Å². The molecule has 4 aromatic rings. The van der Waals surface area contributed by atoms with Crippen molar-refractivity contribution in [2.75, 3.05) is 11.3 Å². The predicted molar refractivity (Wildman–Crippen MR) is 125 cm³/mol. The first-order chi connectivity index (χ1) is 16.2. The van der Waals surface area contributed by atoms with Crippen LogP contribution in [0.25, 0.3) is 5.65 Å². The Morgan fingerprint density at radius 1 is 1.09 bits per heavy atom. The second-order valence-electron chi connectivity index (χ2n) is 7.64. The smallest absolute Gasteiger partial charge is 0.350 e. The maximum Gasteiger partial charge on any atom is 0.350 e. The molecule has 0 bridgehead atoms. The van der Waals surface area contributed by atoms with Gasteiger partial charge in [-0.15, -0.1) is 5.10 Å². The van der Waals surface area contributed by atoms with E-state index in [0.717, 1.165) is 6.07 Å². The van der Waals surface area contributed by atoms with Crippen LogP contribution >= 0.6 is 0 Å². The molecule has 0 atom stereocenters. The molecule has 9 nitrogen and oxygen atoms in total. The minimum atomic E-state index is -4.02. The predicted octanol–water partition coefficient (Wildman–Crippen LogP) is 2.56. The Morgan fingerprint density at radius 3 is 2.68 bits per heavy atom. The van der Waals surface area contributed by atoms with Crippen LogP contribution in [0.5, 0.6) is 0 Å². The highest BCUT2D eigenvalue weighted by Crippen LogP contribution is 2.19. The normalized spacial score (nSPS) is 11.5. The molecule has 2 N–H and O–H groups in total. The molecule has 2 heterocycles. The maximum absolute atomic E-state index is 13.8. The van der Waals surface area contributed by atoms with E-state index in [1.165, 1.54) is 40.3 Å². The molecule has 0 aliphatic heterocycles. The van der Waals surface area contributed by atoms with Gasteiger partial charge in [-0.1, -0.05) is 18.2 Å². The number of carbonyl (C=O) groups excluding carboxylic acids is 1. The Balaban J connectivity index is 1.36. The van der Waals surface area contributed by atoms with Gasteiger partial charge in [-0.25, -0.2) is 22.3 Å². The number of amides is 1. The SMILES string of the molecule is Cc1ccc(S(=O)(=O)Nc2cccc(C(=O)NCCCn3nc4ccccn4c3=O)c2)cc1F. The second-order valence-corrected chi connectivity index (χ2v) is 9.32. The van der Waals surface area contributed by atoms with Gasteiger partial charge in [-0.3, -0.25) is 13.9 Å². The van der Waals surface area contributed by atoms with E-state index in [0.29, 0.717) is 24.2 Å². The molecule has 0 saturated carbocycles. The summed E-state index contributed by atoms with van der Waals surface area (Å²) in [6.45, 7) is 2.16. The van der Waals surface area contributed by atoms with Crippen molar-refractivity contribution in [1.82, 2.24) is 19.5 Å². The standard InChI is InChI=1S/C23H22FN5O4S/c1-16-9-10-19(15-20(16)24)34(32,33)27-18-7-4-6-17(14-18)22(30)25-11-5-13-29-23(31)28-12-3-2-8-21(28)26-29/h2-4,6-10,12,14-15,27H,5,11,13H2,1H3,(H,25,30). The van der Waals surface area contributed by atoms with E-state index in [1.807, 2.05) is 0 Å². The van der Waals surface area contributed by atoms with Crippen LogP contribution < -0.4 is 15.7 Å².